The van der Waals surface area contributed by atoms with Gasteiger partial charge in [-0.2, -0.15) is 0 Å². The fourth-order valence-corrected chi connectivity index (χ4v) is 3.08. The Bertz CT molecular complexity index is 930. The predicted octanol–water partition coefficient (Wildman–Crippen LogP) is 2.71. The first-order valence-corrected chi connectivity index (χ1v) is 8.44. The summed E-state index contributed by atoms with van der Waals surface area (Å²) in [6, 6.07) is 15.1. The summed E-state index contributed by atoms with van der Waals surface area (Å²) in [5.41, 5.74) is 1.41. The van der Waals surface area contributed by atoms with Gasteiger partial charge in [-0.05, 0) is 30.8 Å². The van der Waals surface area contributed by atoms with Crippen LogP contribution in [0.25, 0.3) is 11.1 Å². The Balaban J connectivity index is 1.50. The number of hydrogen-bond acceptors (Lipinski definition) is 5. The molecular weight excluding hydrogens is 320 g/mol. The fourth-order valence-electron chi connectivity index (χ4n) is 3.08. The number of hydrogen-bond donors (Lipinski definition) is 0. The van der Waals surface area contributed by atoms with E-state index in [4.69, 9.17) is 13.9 Å². The zero-order valence-corrected chi connectivity index (χ0v) is 14.1. The largest absolute Gasteiger partial charge is 0.486 e. The molecule has 1 atom stereocenters. The molecule has 6 nitrogen and oxygen atoms in total. The van der Waals surface area contributed by atoms with Crippen LogP contribution < -0.4 is 15.2 Å². The highest BCUT2D eigenvalue weighted by atomic mass is 16.6. The first-order chi connectivity index (χ1) is 12.2. The van der Waals surface area contributed by atoms with Crippen LogP contribution in [-0.4, -0.2) is 35.3 Å². The standard InChI is InChI=1S/C19H20N2O4/c1-2-20(11-14-12-23-17-9-5-6-10-18(17)24-14)13-21-15-7-3-4-8-16(15)25-19(21)22/h3-10,14H,2,11-13H2,1H3. The highest BCUT2D eigenvalue weighted by molar-refractivity contribution is 5.72. The Morgan fingerprint density at radius 2 is 1.88 bits per heavy atom. The molecule has 1 aliphatic heterocycles. The van der Waals surface area contributed by atoms with Gasteiger partial charge in [-0.25, -0.2) is 4.79 Å². The van der Waals surface area contributed by atoms with E-state index in [0.717, 1.165) is 23.6 Å². The van der Waals surface area contributed by atoms with Gasteiger partial charge in [-0.15, -0.1) is 0 Å². The number of fused-ring (bicyclic) bond motifs is 2. The van der Waals surface area contributed by atoms with Crippen molar-refractivity contribution < 1.29 is 13.9 Å². The summed E-state index contributed by atoms with van der Waals surface area (Å²) in [5, 5.41) is 0. The molecule has 2 aromatic carbocycles. The minimum atomic E-state index is -0.342. The van der Waals surface area contributed by atoms with E-state index in [1.807, 2.05) is 42.5 Å². The third-order valence-electron chi connectivity index (χ3n) is 4.39. The smallest absolute Gasteiger partial charge is 0.421 e. The molecule has 0 saturated carbocycles. The van der Waals surface area contributed by atoms with Crippen molar-refractivity contribution >= 4 is 11.1 Å². The highest BCUT2D eigenvalue weighted by Gasteiger charge is 2.23. The second kappa shape index (κ2) is 6.64. The van der Waals surface area contributed by atoms with E-state index in [1.165, 1.54) is 0 Å². The Morgan fingerprint density at radius 1 is 1.12 bits per heavy atom. The van der Waals surface area contributed by atoms with E-state index < -0.39 is 0 Å². The zero-order valence-electron chi connectivity index (χ0n) is 14.1. The van der Waals surface area contributed by atoms with Crippen LogP contribution in [0.2, 0.25) is 0 Å². The molecule has 0 N–H and O–H groups in total. The minimum absolute atomic E-state index is 0.0799. The van der Waals surface area contributed by atoms with E-state index >= 15 is 0 Å². The van der Waals surface area contributed by atoms with Gasteiger partial charge in [-0.1, -0.05) is 31.2 Å². The van der Waals surface area contributed by atoms with Gasteiger partial charge in [0, 0.05) is 6.54 Å². The van der Waals surface area contributed by atoms with Crippen LogP contribution in [-0.2, 0) is 6.67 Å². The predicted molar refractivity (Wildman–Crippen MR) is 94.1 cm³/mol. The first-order valence-electron chi connectivity index (χ1n) is 8.44. The summed E-state index contributed by atoms with van der Waals surface area (Å²) in [6.07, 6.45) is -0.0799. The number of likely N-dealkylation sites (N-methyl/N-ethyl adjacent to an activating group) is 1. The first kappa shape index (κ1) is 15.8. The van der Waals surface area contributed by atoms with Gasteiger partial charge in [0.15, 0.2) is 17.1 Å². The van der Waals surface area contributed by atoms with Crippen molar-refractivity contribution in [1.82, 2.24) is 9.47 Å². The number of oxazole rings is 1. The van der Waals surface area contributed by atoms with Gasteiger partial charge in [0.05, 0.1) is 12.2 Å². The summed E-state index contributed by atoms with van der Waals surface area (Å²) >= 11 is 0. The van der Waals surface area contributed by atoms with E-state index in [-0.39, 0.29) is 11.9 Å². The maximum absolute atomic E-state index is 12.2. The molecule has 6 heteroatoms. The molecule has 0 radical (unpaired) electrons. The van der Waals surface area contributed by atoms with Crippen LogP contribution in [0.3, 0.4) is 0 Å². The molecule has 0 amide bonds. The van der Waals surface area contributed by atoms with E-state index in [2.05, 4.69) is 11.8 Å². The molecule has 130 valence electrons. The zero-order chi connectivity index (χ0) is 17.2. The summed E-state index contributed by atoms with van der Waals surface area (Å²) < 4.78 is 18.8. The van der Waals surface area contributed by atoms with Crippen LogP contribution >= 0.6 is 0 Å². The molecular formula is C19H20N2O4. The van der Waals surface area contributed by atoms with Crippen LogP contribution in [0.15, 0.2) is 57.7 Å². The van der Waals surface area contributed by atoms with Gasteiger partial charge in [0.2, 0.25) is 0 Å². The second-order valence-electron chi connectivity index (χ2n) is 6.07. The van der Waals surface area contributed by atoms with Crippen molar-refractivity contribution in [3.63, 3.8) is 0 Å². The molecule has 0 spiro atoms. The Labute approximate surface area is 145 Å². The molecule has 0 saturated heterocycles. The van der Waals surface area contributed by atoms with Gasteiger partial charge in [0.25, 0.3) is 0 Å². The Morgan fingerprint density at radius 3 is 2.72 bits per heavy atom. The van der Waals surface area contributed by atoms with E-state index in [1.54, 1.807) is 10.6 Å². The molecule has 1 unspecified atom stereocenters. The lowest BCUT2D eigenvalue weighted by Crippen LogP contribution is -2.42. The van der Waals surface area contributed by atoms with Crippen LogP contribution in [0, 0.1) is 0 Å². The van der Waals surface area contributed by atoms with E-state index in [9.17, 15) is 4.79 Å². The molecule has 1 aliphatic rings. The summed E-state index contributed by atoms with van der Waals surface area (Å²) in [6.45, 7) is 4.46. The topological polar surface area (TPSA) is 56.8 Å². The number of rotatable bonds is 5. The maximum atomic E-state index is 12.2. The molecule has 4 rings (SSSR count). The third-order valence-corrected chi connectivity index (χ3v) is 4.39. The molecule has 0 bridgehead atoms. The third kappa shape index (κ3) is 3.13. The van der Waals surface area contributed by atoms with Crippen molar-refractivity contribution in [3.05, 3.63) is 59.1 Å². The van der Waals surface area contributed by atoms with E-state index in [0.29, 0.717) is 25.4 Å². The average molecular weight is 340 g/mol. The quantitative estimate of drug-likeness (QED) is 0.715. The highest BCUT2D eigenvalue weighted by Crippen LogP contribution is 2.31. The number of para-hydroxylation sites is 4. The van der Waals surface area contributed by atoms with Crippen molar-refractivity contribution in [3.8, 4) is 11.5 Å². The Hall–Kier alpha value is -2.73. The Kier molecular flexibility index (Phi) is 4.19. The number of benzene rings is 2. The molecule has 2 heterocycles. The van der Waals surface area contributed by atoms with Crippen LogP contribution in [0.1, 0.15) is 6.92 Å². The monoisotopic (exact) mass is 340 g/mol. The summed E-state index contributed by atoms with van der Waals surface area (Å²) in [5.74, 6) is 1.20. The fraction of sp³-hybridized carbons (Fsp3) is 0.316. The van der Waals surface area contributed by atoms with Gasteiger partial charge < -0.3 is 13.9 Å². The van der Waals surface area contributed by atoms with Gasteiger partial charge in [0.1, 0.15) is 12.7 Å². The number of nitrogens with zero attached hydrogens (tertiary/aromatic N) is 2. The van der Waals surface area contributed by atoms with Crippen LogP contribution in [0.4, 0.5) is 0 Å². The van der Waals surface area contributed by atoms with Crippen molar-refractivity contribution in [2.75, 3.05) is 19.7 Å². The summed E-state index contributed by atoms with van der Waals surface area (Å²) in [4.78, 5) is 14.3. The van der Waals surface area contributed by atoms with Crippen molar-refractivity contribution in [1.29, 1.82) is 0 Å². The lowest BCUT2D eigenvalue weighted by Gasteiger charge is -2.30. The van der Waals surface area contributed by atoms with Gasteiger partial charge >= 0.3 is 5.76 Å². The molecule has 3 aromatic rings. The molecule has 1 aromatic heterocycles. The maximum Gasteiger partial charge on any atom is 0.421 e. The molecule has 25 heavy (non-hydrogen) atoms. The number of ether oxygens (including phenoxy) is 2. The summed E-state index contributed by atoms with van der Waals surface area (Å²) in [7, 11) is 0. The number of aromatic nitrogens is 1. The lowest BCUT2D eigenvalue weighted by atomic mass is 10.2. The molecule has 0 aliphatic carbocycles. The normalized spacial score (nSPS) is 16.5. The van der Waals surface area contributed by atoms with Gasteiger partial charge in [-0.3, -0.25) is 9.47 Å². The van der Waals surface area contributed by atoms with Crippen LogP contribution in [0.5, 0.6) is 11.5 Å². The lowest BCUT2D eigenvalue weighted by molar-refractivity contribution is 0.0509. The molecule has 0 fully saturated rings. The van der Waals surface area contributed by atoms with Crippen molar-refractivity contribution in [2.45, 2.75) is 19.7 Å². The minimum Gasteiger partial charge on any atom is -0.486 e. The van der Waals surface area contributed by atoms with Crippen molar-refractivity contribution in [2.24, 2.45) is 0 Å². The average Bonchev–Trinajstić information content (AvgIpc) is 2.96. The second-order valence-corrected chi connectivity index (χ2v) is 6.07. The SMILES string of the molecule is CCN(CC1COc2ccccc2O1)Cn1c(=O)oc2ccccc21.